The first-order chi connectivity index (χ1) is 7.88. The van der Waals surface area contributed by atoms with Crippen LogP contribution in [0.5, 0.6) is 5.75 Å². The van der Waals surface area contributed by atoms with Crippen LogP contribution in [0.1, 0.15) is 45.6 Å². The summed E-state index contributed by atoms with van der Waals surface area (Å²) in [6.07, 6.45) is 3.50. The van der Waals surface area contributed by atoms with Crippen molar-refractivity contribution in [3.8, 4) is 5.75 Å². The minimum absolute atomic E-state index is 0.0522. The average Bonchev–Trinajstić information content (AvgIpc) is 2.26. The van der Waals surface area contributed by atoms with Crippen LogP contribution in [0.25, 0.3) is 0 Å². The molecule has 0 amide bonds. The van der Waals surface area contributed by atoms with Crippen LogP contribution in [0, 0.1) is 5.92 Å². The summed E-state index contributed by atoms with van der Waals surface area (Å²) in [5, 5.41) is 9.65. The second-order valence-corrected chi connectivity index (χ2v) is 5.96. The Kier molecular flexibility index (Phi) is 2.94. The van der Waals surface area contributed by atoms with Crippen molar-refractivity contribution in [3.63, 3.8) is 0 Å². The molecule has 3 N–H and O–H groups in total. The number of hydrogen-bond donors (Lipinski definition) is 2. The predicted molar refractivity (Wildman–Crippen MR) is 71.1 cm³/mol. The molecule has 1 saturated carbocycles. The Morgan fingerprint density at radius 3 is 2.71 bits per heavy atom. The van der Waals surface area contributed by atoms with E-state index >= 15 is 0 Å². The Balaban J connectivity index is 2.47. The summed E-state index contributed by atoms with van der Waals surface area (Å²) < 4.78 is 0. The second kappa shape index (κ2) is 4.02. The molecule has 1 fully saturated rings. The quantitative estimate of drug-likeness (QED) is 0.782. The Morgan fingerprint density at radius 1 is 1.35 bits per heavy atom. The van der Waals surface area contributed by atoms with Crippen LogP contribution in [0.4, 0.5) is 0 Å². The third-order valence-corrected chi connectivity index (χ3v) is 5.01. The highest BCUT2D eigenvalue weighted by Crippen LogP contribution is 2.47. The summed E-state index contributed by atoms with van der Waals surface area (Å²) in [4.78, 5) is 0. The van der Waals surface area contributed by atoms with E-state index in [1.807, 2.05) is 12.1 Å². The Hall–Kier alpha value is -1.02. The Morgan fingerprint density at radius 2 is 2.06 bits per heavy atom. The van der Waals surface area contributed by atoms with E-state index < -0.39 is 0 Å². The lowest BCUT2D eigenvalue weighted by atomic mass is 9.56. The zero-order chi connectivity index (χ0) is 12.7. The lowest BCUT2D eigenvalue weighted by Gasteiger charge is -2.52. The molecule has 0 spiro atoms. The van der Waals surface area contributed by atoms with Crippen molar-refractivity contribution in [1.29, 1.82) is 0 Å². The highest BCUT2D eigenvalue weighted by Gasteiger charge is 2.48. The summed E-state index contributed by atoms with van der Waals surface area (Å²) in [5.41, 5.74) is 7.49. The largest absolute Gasteiger partial charge is 0.508 e. The molecule has 3 atom stereocenters. The van der Waals surface area contributed by atoms with Crippen molar-refractivity contribution in [1.82, 2.24) is 0 Å². The van der Waals surface area contributed by atoms with Crippen LogP contribution >= 0.6 is 0 Å². The highest BCUT2D eigenvalue weighted by atomic mass is 16.3. The van der Waals surface area contributed by atoms with E-state index in [0.717, 1.165) is 12.0 Å². The number of phenolic OH excluding ortho intramolecular Hbond substituents is 1. The summed E-state index contributed by atoms with van der Waals surface area (Å²) in [6, 6.07) is 7.57. The van der Waals surface area contributed by atoms with E-state index in [4.69, 9.17) is 5.73 Å². The second-order valence-electron chi connectivity index (χ2n) is 5.96. The van der Waals surface area contributed by atoms with Gasteiger partial charge in [0.25, 0.3) is 0 Å². The predicted octanol–water partition coefficient (Wildman–Crippen LogP) is 3.19. The molecule has 2 nitrogen and oxygen atoms in total. The number of aromatic hydroxyl groups is 1. The van der Waals surface area contributed by atoms with Gasteiger partial charge in [0.05, 0.1) is 0 Å². The third-order valence-electron chi connectivity index (χ3n) is 5.01. The van der Waals surface area contributed by atoms with Gasteiger partial charge in [0.2, 0.25) is 0 Å². The van der Waals surface area contributed by atoms with Crippen molar-refractivity contribution < 1.29 is 5.11 Å². The molecule has 0 heterocycles. The molecule has 94 valence electrons. The van der Waals surface area contributed by atoms with Crippen LogP contribution in [0.2, 0.25) is 0 Å². The number of rotatable bonds is 1. The van der Waals surface area contributed by atoms with Crippen LogP contribution in [-0.2, 0) is 5.41 Å². The van der Waals surface area contributed by atoms with E-state index in [1.165, 1.54) is 12.8 Å². The summed E-state index contributed by atoms with van der Waals surface area (Å²) in [5.74, 6) is 0.835. The molecule has 1 aromatic carbocycles. The van der Waals surface area contributed by atoms with Crippen LogP contribution in [-0.4, -0.2) is 10.6 Å². The van der Waals surface area contributed by atoms with Crippen LogP contribution < -0.4 is 5.73 Å². The lowest BCUT2D eigenvalue weighted by Crippen LogP contribution is -2.60. The number of phenols is 1. The molecule has 0 saturated heterocycles. The monoisotopic (exact) mass is 233 g/mol. The van der Waals surface area contributed by atoms with Gasteiger partial charge >= 0.3 is 0 Å². The molecule has 2 rings (SSSR count). The zero-order valence-corrected chi connectivity index (χ0v) is 11.0. The van der Waals surface area contributed by atoms with E-state index in [2.05, 4.69) is 26.8 Å². The van der Waals surface area contributed by atoms with Crippen LogP contribution in [0.15, 0.2) is 24.3 Å². The maximum atomic E-state index is 9.65. The molecular weight excluding hydrogens is 210 g/mol. The third kappa shape index (κ3) is 1.85. The van der Waals surface area contributed by atoms with Gasteiger partial charge in [-0.15, -0.1) is 0 Å². The van der Waals surface area contributed by atoms with E-state index in [1.54, 1.807) is 6.07 Å². The van der Waals surface area contributed by atoms with Gasteiger partial charge in [0, 0.05) is 11.0 Å². The van der Waals surface area contributed by atoms with Gasteiger partial charge < -0.3 is 10.8 Å². The fourth-order valence-corrected chi connectivity index (χ4v) is 3.18. The van der Waals surface area contributed by atoms with Gasteiger partial charge in [-0.1, -0.05) is 32.4 Å². The number of nitrogens with two attached hydrogens (primary N) is 1. The standard InChI is InChI=1S/C15H23NO/c1-11-6-5-9-14(2,15(11,3)16)12-7-4-8-13(17)10-12/h4,7-8,10-11,17H,5-6,9,16H2,1-3H3. The molecule has 1 aliphatic carbocycles. The molecular formula is C15H23NO. The SMILES string of the molecule is CC1CCCC(C)(c2cccc(O)c2)C1(C)N. The van der Waals surface area contributed by atoms with Gasteiger partial charge in [-0.25, -0.2) is 0 Å². The molecule has 1 aromatic rings. The fraction of sp³-hybridized carbons (Fsp3) is 0.600. The summed E-state index contributed by atoms with van der Waals surface area (Å²) >= 11 is 0. The number of hydrogen-bond acceptors (Lipinski definition) is 2. The molecule has 17 heavy (non-hydrogen) atoms. The van der Waals surface area contributed by atoms with Gasteiger partial charge in [-0.3, -0.25) is 0 Å². The fourth-order valence-electron chi connectivity index (χ4n) is 3.18. The van der Waals surface area contributed by atoms with Crippen molar-refractivity contribution >= 4 is 0 Å². The summed E-state index contributed by atoms with van der Waals surface area (Å²) in [6.45, 7) is 6.62. The van der Waals surface area contributed by atoms with E-state index in [9.17, 15) is 5.11 Å². The van der Waals surface area contributed by atoms with Crippen molar-refractivity contribution in [2.75, 3.05) is 0 Å². The topological polar surface area (TPSA) is 46.2 Å². The number of benzene rings is 1. The minimum Gasteiger partial charge on any atom is -0.508 e. The molecule has 3 unspecified atom stereocenters. The van der Waals surface area contributed by atoms with Crippen LogP contribution in [0.3, 0.4) is 0 Å². The van der Waals surface area contributed by atoms with E-state index in [-0.39, 0.29) is 11.0 Å². The lowest BCUT2D eigenvalue weighted by molar-refractivity contribution is 0.114. The summed E-state index contributed by atoms with van der Waals surface area (Å²) in [7, 11) is 0. The van der Waals surface area contributed by atoms with Gasteiger partial charge in [0.15, 0.2) is 0 Å². The first kappa shape index (κ1) is 12.4. The smallest absolute Gasteiger partial charge is 0.115 e. The molecule has 0 bridgehead atoms. The molecule has 2 heteroatoms. The molecule has 0 aliphatic heterocycles. The maximum absolute atomic E-state index is 9.65. The molecule has 1 aliphatic rings. The van der Waals surface area contributed by atoms with Gasteiger partial charge in [-0.05, 0) is 43.4 Å². The Bertz CT molecular complexity index is 413. The minimum atomic E-state index is -0.223. The van der Waals surface area contributed by atoms with Crippen molar-refractivity contribution in [2.24, 2.45) is 11.7 Å². The van der Waals surface area contributed by atoms with Crippen molar-refractivity contribution in [3.05, 3.63) is 29.8 Å². The first-order valence-corrected chi connectivity index (χ1v) is 6.46. The van der Waals surface area contributed by atoms with Crippen molar-refractivity contribution in [2.45, 2.75) is 51.0 Å². The van der Waals surface area contributed by atoms with E-state index in [0.29, 0.717) is 11.7 Å². The average molecular weight is 233 g/mol. The highest BCUT2D eigenvalue weighted by molar-refractivity contribution is 5.36. The van der Waals surface area contributed by atoms with Gasteiger partial charge in [0.1, 0.15) is 5.75 Å². The maximum Gasteiger partial charge on any atom is 0.115 e. The molecule has 0 aromatic heterocycles. The zero-order valence-electron chi connectivity index (χ0n) is 11.0. The molecule has 0 radical (unpaired) electrons. The normalized spacial score (nSPS) is 38.0. The Labute approximate surface area is 104 Å². The van der Waals surface area contributed by atoms with Gasteiger partial charge in [-0.2, -0.15) is 0 Å². The first-order valence-electron chi connectivity index (χ1n) is 6.46.